The van der Waals surface area contributed by atoms with Crippen LogP contribution < -0.4 is 5.32 Å². The van der Waals surface area contributed by atoms with Crippen LogP contribution in [0.4, 0.5) is 5.82 Å². The number of benzene rings is 1. The zero-order valence-electron chi connectivity index (χ0n) is 13.6. The van der Waals surface area contributed by atoms with E-state index in [1.807, 2.05) is 0 Å². The van der Waals surface area contributed by atoms with E-state index >= 15 is 0 Å². The topological polar surface area (TPSA) is 106 Å². The molecule has 0 spiro atoms. The van der Waals surface area contributed by atoms with E-state index in [1.54, 1.807) is 30.3 Å². The van der Waals surface area contributed by atoms with Crippen molar-refractivity contribution in [3.05, 3.63) is 65.4 Å². The van der Waals surface area contributed by atoms with Gasteiger partial charge in [0.25, 0.3) is 5.91 Å². The van der Waals surface area contributed by atoms with E-state index in [-0.39, 0.29) is 11.4 Å². The summed E-state index contributed by atoms with van der Waals surface area (Å²) in [6, 6.07) is 11.3. The first-order chi connectivity index (χ1) is 12.0. The fourth-order valence-corrected chi connectivity index (χ4v) is 2.11. The van der Waals surface area contributed by atoms with Gasteiger partial charge in [0, 0.05) is 11.8 Å². The summed E-state index contributed by atoms with van der Waals surface area (Å²) in [5, 5.41) is 12.9. The molecule has 0 aliphatic carbocycles. The van der Waals surface area contributed by atoms with Crippen LogP contribution in [0.15, 0.2) is 54.2 Å². The molecule has 0 bridgehead atoms. The van der Waals surface area contributed by atoms with Gasteiger partial charge in [-0.3, -0.25) is 9.59 Å². The van der Waals surface area contributed by atoms with E-state index in [9.17, 15) is 19.5 Å². The zero-order chi connectivity index (χ0) is 18.4. The molecule has 0 saturated heterocycles. The fraction of sp³-hybridized carbons (Fsp3) is 0.111. The van der Waals surface area contributed by atoms with E-state index < -0.39 is 29.0 Å². The molecule has 0 radical (unpaired) electrons. The third-order valence-electron chi connectivity index (χ3n) is 3.31. The number of Topliss-reactive ketones (excluding diaryl/α,β-unsaturated/α-hetero) is 1. The molecule has 1 amide bonds. The molecular weight excluding hydrogens is 324 g/mol. The van der Waals surface area contributed by atoms with Gasteiger partial charge in [-0.25, -0.2) is 9.78 Å². The molecule has 0 aliphatic heterocycles. The lowest BCUT2D eigenvalue weighted by Gasteiger charge is -2.11. The number of nitrogens with one attached hydrogen (secondary N) is 1. The maximum absolute atomic E-state index is 12.3. The van der Waals surface area contributed by atoms with E-state index in [0.29, 0.717) is 5.56 Å². The first-order valence-electron chi connectivity index (χ1n) is 7.30. The summed E-state index contributed by atoms with van der Waals surface area (Å²) in [6.45, 7) is 1.13. The zero-order valence-corrected chi connectivity index (χ0v) is 13.6. The molecule has 0 unspecified atom stereocenters. The molecule has 0 fully saturated rings. The van der Waals surface area contributed by atoms with E-state index in [2.05, 4.69) is 15.0 Å². The lowest BCUT2D eigenvalue weighted by atomic mass is 10.1. The summed E-state index contributed by atoms with van der Waals surface area (Å²) in [5.41, 5.74) is -0.101. The van der Waals surface area contributed by atoms with E-state index in [1.165, 1.54) is 18.3 Å². The SMILES string of the molecule is COC(=O)/C(C(C)=O)=C(\O)c1cccnc1NC(=O)c1ccccc1. The summed E-state index contributed by atoms with van der Waals surface area (Å²) < 4.78 is 4.52. The Hall–Kier alpha value is -3.48. The summed E-state index contributed by atoms with van der Waals surface area (Å²) in [7, 11) is 1.10. The van der Waals surface area contributed by atoms with Crippen molar-refractivity contribution < 1.29 is 24.2 Å². The Kier molecular flexibility index (Phi) is 5.62. The van der Waals surface area contributed by atoms with E-state index in [4.69, 9.17) is 0 Å². The highest BCUT2D eigenvalue weighted by Gasteiger charge is 2.24. The highest BCUT2D eigenvalue weighted by atomic mass is 16.5. The minimum Gasteiger partial charge on any atom is -0.506 e. The number of carbonyl (C=O) groups excluding carboxylic acids is 3. The van der Waals surface area contributed by atoms with Crippen molar-refractivity contribution in [1.82, 2.24) is 4.98 Å². The Balaban J connectivity index is 2.45. The second-order valence-electron chi connectivity index (χ2n) is 4.99. The summed E-state index contributed by atoms with van der Waals surface area (Å²) in [6.07, 6.45) is 1.41. The second-order valence-corrected chi connectivity index (χ2v) is 4.99. The Morgan fingerprint density at radius 2 is 1.76 bits per heavy atom. The van der Waals surface area contributed by atoms with Crippen molar-refractivity contribution in [2.24, 2.45) is 0 Å². The van der Waals surface area contributed by atoms with Gasteiger partial charge in [0.1, 0.15) is 17.2 Å². The van der Waals surface area contributed by atoms with Crippen molar-refractivity contribution in [2.45, 2.75) is 6.92 Å². The van der Waals surface area contributed by atoms with Gasteiger partial charge in [0.15, 0.2) is 5.78 Å². The van der Waals surface area contributed by atoms with Crippen LogP contribution in [0.1, 0.15) is 22.8 Å². The molecule has 2 N–H and O–H groups in total. The van der Waals surface area contributed by atoms with Crippen LogP contribution in [0.3, 0.4) is 0 Å². The van der Waals surface area contributed by atoms with Crippen LogP contribution in [0.25, 0.3) is 5.76 Å². The number of ketones is 1. The third-order valence-corrected chi connectivity index (χ3v) is 3.31. The number of esters is 1. The molecule has 7 heteroatoms. The van der Waals surface area contributed by atoms with Gasteiger partial charge in [-0.2, -0.15) is 0 Å². The molecule has 1 aromatic heterocycles. The average molecular weight is 340 g/mol. The summed E-state index contributed by atoms with van der Waals surface area (Å²) in [4.78, 5) is 39.7. The monoisotopic (exact) mass is 340 g/mol. The van der Waals surface area contributed by atoms with Gasteiger partial charge in [-0.15, -0.1) is 0 Å². The first-order valence-corrected chi connectivity index (χ1v) is 7.30. The third kappa shape index (κ3) is 4.08. The predicted molar refractivity (Wildman–Crippen MR) is 90.9 cm³/mol. The average Bonchev–Trinajstić information content (AvgIpc) is 2.62. The number of amides is 1. The molecule has 0 aliphatic rings. The molecular formula is C18H16N2O5. The van der Waals surface area contributed by atoms with Crippen LogP contribution in [0.2, 0.25) is 0 Å². The molecule has 128 valence electrons. The largest absolute Gasteiger partial charge is 0.506 e. The number of ether oxygens (including phenoxy) is 1. The Morgan fingerprint density at radius 1 is 1.08 bits per heavy atom. The normalized spacial score (nSPS) is 11.3. The second kappa shape index (κ2) is 7.87. The number of aromatic nitrogens is 1. The highest BCUT2D eigenvalue weighted by Crippen LogP contribution is 2.24. The van der Waals surface area contributed by atoms with Gasteiger partial charge in [0.05, 0.1) is 12.7 Å². The van der Waals surface area contributed by atoms with Crippen LogP contribution in [-0.4, -0.2) is 34.9 Å². The lowest BCUT2D eigenvalue weighted by Crippen LogP contribution is -2.17. The van der Waals surface area contributed by atoms with Gasteiger partial charge in [-0.05, 0) is 31.2 Å². The van der Waals surface area contributed by atoms with Crippen LogP contribution in [0.5, 0.6) is 0 Å². The van der Waals surface area contributed by atoms with Crippen molar-refractivity contribution in [3.8, 4) is 0 Å². The molecule has 7 nitrogen and oxygen atoms in total. The summed E-state index contributed by atoms with van der Waals surface area (Å²) in [5.74, 6) is -2.70. The highest BCUT2D eigenvalue weighted by molar-refractivity contribution is 6.21. The lowest BCUT2D eigenvalue weighted by molar-refractivity contribution is -0.137. The Bertz CT molecular complexity index is 844. The number of carbonyl (C=O) groups is 3. The molecule has 2 aromatic rings. The van der Waals surface area contributed by atoms with Crippen LogP contribution in [-0.2, 0) is 14.3 Å². The first kappa shape index (κ1) is 17.9. The smallest absolute Gasteiger partial charge is 0.345 e. The molecule has 0 atom stereocenters. The Morgan fingerprint density at radius 3 is 2.36 bits per heavy atom. The van der Waals surface area contributed by atoms with Crippen molar-refractivity contribution in [2.75, 3.05) is 12.4 Å². The number of methoxy groups -OCH3 is 1. The number of aliphatic hydroxyl groups is 1. The molecule has 0 saturated carbocycles. The van der Waals surface area contributed by atoms with Gasteiger partial charge >= 0.3 is 5.97 Å². The van der Waals surface area contributed by atoms with Gasteiger partial charge < -0.3 is 15.2 Å². The van der Waals surface area contributed by atoms with E-state index in [0.717, 1.165) is 14.0 Å². The molecule has 1 aromatic carbocycles. The predicted octanol–water partition coefficient (Wildman–Crippen LogP) is 2.37. The quantitative estimate of drug-likeness (QED) is 0.285. The standard InChI is InChI=1S/C18H16N2O5/c1-11(21)14(18(24)25-2)15(22)13-9-6-10-19-16(13)20-17(23)12-7-4-3-5-8-12/h3-10,22H,1-2H3,(H,19,20,23)/b15-14-. The minimum atomic E-state index is -0.978. The fourth-order valence-electron chi connectivity index (χ4n) is 2.11. The minimum absolute atomic E-state index is 0.0107. The molecule has 1 heterocycles. The van der Waals surface area contributed by atoms with Crippen LogP contribution >= 0.6 is 0 Å². The number of hydrogen-bond donors (Lipinski definition) is 2. The summed E-state index contributed by atoms with van der Waals surface area (Å²) >= 11 is 0. The number of aliphatic hydroxyl groups excluding tert-OH is 1. The number of anilines is 1. The van der Waals surface area contributed by atoms with Crippen molar-refractivity contribution in [3.63, 3.8) is 0 Å². The number of pyridine rings is 1. The molecule has 25 heavy (non-hydrogen) atoms. The van der Waals surface area contributed by atoms with Gasteiger partial charge in [-0.1, -0.05) is 18.2 Å². The Labute approximate surface area is 144 Å². The van der Waals surface area contributed by atoms with Crippen LogP contribution in [0, 0.1) is 0 Å². The number of rotatable bonds is 5. The molecule has 2 rings (SSSR count). The number of nitrogens with zero attached hydrogens (tertiary/aromatic N) is 1. The van der Waals surface area contributed by atoms with Crippen molar-refractivity contribution in [1.29, 1.82) is 0 Å². The van der Waals surface area contributed by atoms with Gasteiger partial charge in [0.2, 0.25) is 0 Å². The maximum Gasteiger partial charge on any atom is 0.345 e. The maximum atomic E-state index is 12.3. The number of hydrogen-bond acceptors (Lipinski definition) is 6. The van der Waals surface area contributed by atoms with Crippen molar-refractivity contribution >= 4 is 29.2 Å².